The standard InChI is InChI=1S/C18H18N4O2/c1-24-16-4-2-3-14(9-16)10-18(23)21-12-15-5-6-17(20-11-15)22-8-7-19-13-22/h2-9,11,13H,10,12H2,1H3,(H,21,23). The average molecular weight is 322 g/mol. The molecule has 0 saturated carbocycles. The van der Waals surface area contributed by atoms with Crippen LogP contribution in [0.4, 0.5) is 0 Å². The van der Waals surface area contributed by atoms with Crippen molar-refractivity contribution in [1.82, 2.24) is 19.9 Å². The first-order valence-corrected chi connectivity index (χ1v) is 7.57. The highest BCUT2D eigenvalue weighted by Crippen LogP contribution is 2.13. The molecule has 0 aliphatic rings. The van der Waals surface area contributed by atoms with Crippen molar-refractivity contribution in [3.05, 3.63) is 72.4 Å². The van der Waals surface area contributed by atoms with Crippen LogP contribution < -0.4 is 10.1 Å². The van der Waals surface area contributed by atoms with E-state index in [0.717, 1.165) is 22.7 Å². The Labute approximate surface area is 140 Å². The molecule has 24 heavy (non-hydrogen) atoms. The number of aromatic nitrogens is 3. The summed E-state index contributed by atoms with van der Waals surface area (Å²) in [5.74, 6) is 1.50. The highest BCUT2D eigenvalue weighted by molar-refractivity contribution is 5.78. The largest absolute Gasteiger partial charge is 0.497 e. The molecule has 1 N–H and O–H groups in total. The number of hydrogen-bond acceptors (Lipinski definition) is 4. The molecule has 6 heteroatoms. The number of imidazole rings is 1. The highest BCUT2D eigenvalue weighted by atomic mass is 16.5. The van der Waals surface area contributed by atoms with Gasteiger partial charge in [-0.3, -0.25) is 9.36 Å². The molecule has 0 fully saturated rings. The second-order valence-corrected chi connectivity index (χ2v) is 5.30. The highest BCUT2D eigenvalue weighted by Gasteiger charge is 2.05. The van der Waals surface area contributed by atoms with E-state index in [1.54, 1.807) is 25.8 Å². The van der Waals surface area contributed by atoms with Gasteiger partial charge >= 0.3 is 0 Å². The average Bonchev–Trinajstić information content (AvgIpc) is 3.15. The monoisotopic (exact) mass is 322 g/mol. The zero-order chi connectivity index (χ0) is 16.8. The lowest BCUT2D eigenvalue weighted by molar-refractivity contribution is -0.120. The second-order valence-electron chi connectivity index (χ2n) is 5.30. The van der Waals surface area contributed by atoms with E-state index >= 15 is 0 Å². The molecule has 2 aromatic heterocycles. The zero-order valence-corrected chi connectivity index (χ0v) is 13.3. The van der Waals surface area contributed by atoms with Gasteiger partial charge in [-0.2, -0.15) is 0 Å². The first kappa shape index (κ1) is 15.7. The van der Waals surface area contributed by atoms with E-state index in [-0.39, 0.29) is 5.91 Å². The van der Waals surface area contributed by atoms with Gasteiger partial charge in [-0.15, -0.1) is 0 Å². The Bertz CT molecular complexity index is 798. The predicted octanol–water partition coefficient (Wildman–Crippen LogP) is 2.13. The molecule has 0 radical (unpaired) electrons. The van der Waals surface area contributed by atoms with Crippen molar-refractivity contribution in [2.24, 2.45) is 0 Å². The molecule has 0 unspecified atom stereocenters. The van der Waals surface area contributed by atoms with Crippen LogP contribution in [0.15, 0.2) is 61.3 Å². The normalized spacial score (nSPS) is 10.4. The number of rotatable bonds is 6. The van der Waals surface area contributed by atoms with Crippen LogP contribution in [0.3, 0.4) is 0 Å². The van der Waals surface area contributed by atoms with Crippen LogP contribution in [0.1, 0.15) is 11.1 Å². The first-order valence-electron chi connectivity index (χ1n) is 7.57. The summed E-state index contributed by atoms with van der Waals surface area (Å²) in [6.07, 6.45) is 7.29. The van der Waals surface area contributed by atoms with Crippen molar-refractivity contribution in [3.8, 4) is 11.6 Å². The summed E-state index contributed by atoms with van der Waals surface area (Å²) in [4.78, 5) is 20.4. The van der Waals surface area contributed by atoms with E-state index in [4.69, 9.17) is 4.74 Å². The minimum absolute atomic E-state index is 0.0399. The Morgan fingerprint density at radius 1 is 1.25 bits per heavy atom. The van der Waals surface area contributed by atoms with Crippen molar-refractivity contribution in [2.75, 3.05) is 7.11 Å². The number of carbonyl (C=O) groups is 1. The quantitative estimate of drug-likeness (QED) is 0.755. The molecule has 122 valence electrons. The summed E-state index contributed by atoms with van der Waals surface area (Å²) in [6.45, 7) is 0.444. The van der Waals surface area contributed by atoms with Gasteiger partial charge in [0.2, 0.25) is 5.91 Å². The molecule has 2 heterocycles. The van der Waals surface area contributed by atoms with Crippen molar-refractivity contribution < 1.29 is 9.53 Å². The van der Waals surface area contributed by atoms with Crippen LogP contribution in [0.25, 0.3) is 5.82 Å². The molecule has 3 rings (SSSR count). The fourth-order valence-corrected chi connectivity index (χ4v) is 2.30. The van der Waals surface area contributed by atoms with Crippen LogP contribution in [0, 0.1) is 0 Å². The molecule has 1 amide bonds. The number of pyridine rings is 1. The van der Waals surface area contributed by atoms with Gasteiger partial charge in [-0.1, -0.05) is 18.2 Å². The third-order valence-corrected chi connectivity index (χ3v) is 3.57. The summed E-state index contributed by atoms with van der Waals surface area (Å²) in [5.41, 5.74) is 1.86. The van der Waals surface area contributed by atoms with Gasteiger partial charge in [0, 0.05) is 25.1 Å². The SMILES string of the molecule is COc1cccc(CC(=O)NCc2ccc(-n3ccnc3)nc2)c1. The van der Waals surface area contributed by atoms with Crippen molar-refractivity contribution in [2.45, 2.75) is 13.0 Å². The van der Waals surface area contributed by atoms with Crippen molar-refractivity contribution in [3.63, 3.8) is 0 Å². The summed E-state index contributed by atoms with van der Waals surface area (Å²) in [7, 11) is 1.61. The third kappa shape index (κ3) is 3.98. The Balaban J connectivity index is 1.54. The molecular weight excluding hydrogens is 304 g/mol. The summed E-state index contributed by atoms with van der Waals surface area (Å²) in [6, 6.07) is 11.3. The molecule has 0 aliphatic carbocycles. The molecule has 0 saturated heterocycles. The lowest BCUT2D eigenvalue weighted by Gasteiger charge is -2.07. The fraction of sp³-hybridized carbons (Fsp3) is 0.167. The van der Waals surface area contributed by atoms with Gasteiger partial charge in [0.1, 0.15) is 17.9 Å². The number of hydrogen-bond donors (Lipinski definition) is 1. The van der Waals surface area contributed by atoms with Gasteiger partial charge < -0.3 is 10.1 Å². The van der Waals surface area contributed by atoms with Crippen LogP contribution >= 0.6 is 0 Å². The maximum atomic E-state index is 12.1. The van der Waals surface area contributed by atoms with Gasteiger partial charge in [0.15, 0.2) is 0 Å². The molecule has 3 aromatic rings. The Kier molecular flexibility index (Phi) is 4.86. The maximum Gasteiger partial charge on any atom is 0.224 e. The third-order valence-electron chi connectivity index (χ3n) is 3.57. The molecule has 6 nitrogen and oxygen atoms in total. The minimum Gasteiger partial charge on any atom is -0.497 e. The Morgan fingerprint density at radius 3 is 2.88 bits per heavy atom. The fourth-order valence-electron chi connectivity index (χ4n) is 2.30. The number of ether oxygens (including phenoxy) is 1. The van der Waals surface area contributed by atoms with Crippen molar-refractivity contribution in [1.29, 1.82) is 0 Å². The number of nitrogens with zero attached hydrogens (tertiary/aromatic N) is 3. The smallest absolute Gasteiger partial charge is 0.224 e. The number of methoxy groups -OCH3 is 1. The van der Waals surface area contributed by atoms with E-state index < -0.39 is 0 Å². The zero-order valence-electron chi connectivity index (χ0n) is 13.3. The van der Waals surface area contributed by atoms with E-state index in [1.807, 2.05) is 47.2 Å². The molecule has 0 aliphatic heterocycles. The molecule has 0 atom stereocenters. The summed E-state index contributed by atoms with van der Waals surface area (Å²) < 4.78 is 6.99. The molecule has 0 spiro atoms. The first-order chi connectivity index (χ1) is 11.7. The van der Waals surface area contributed by atoms with Crippen LogP contribution in [0.5, 0.6) is 5.75 Å². The lowest BCUT2D eigenvalue weighted by atomic mass is 10.1. The summed E-state index contributed by atoms with van der Waals surface area (Å²) >= 11 is 0. The Hall–Kier alpha value is -3.15. The summed E-state index contributed by atoms with van der Waals surface area (Å²) in [5, 5.41) is 2.90. The van der Waals surface area contributed by atoms with Crippen molar-refractivity contribution >= 4 is 5.91 Å². The number of benzene rings is 1. The Morgan fingerprint density at radius 2 is 2.17 bits per heavy atom. The lowest BCUT2D eigenvalue weighted by Crippen LogP contribution is -2.24. The van der Waals surface area contributed by atoms with Crippen LogP contribution in [0.2, 0.25) is 0 Å². The number of amides is 1. The van der Waals surface area contributed by atoms with Gasteiger partial charge in [0.05, 0.1) is 13.5 Å². The molecule has 1 aromatic carbocycles. The van der Waals surface area contributed by atoms with Gasteiger partial charge in [-0.25, -0.2) is 9.97 Å². The van der Waals surface area contributed by atoms with E-state index in [2.05, 4.69) is 15.3 Å². The van der Waals surface area contributed by atoms with E-state index in [9.17, 15) is 4.79 Å². The van der Waals surface area contributed by atoms with Gasteiger partial charge in [0.25, 0.3) is 0 Å². The second kappa shape index (κ2) is 7.41. The molecule has 0 bridgehead atoms. The minimum atomic E-state index is -0.0399. The topological polar surface area (TPSA) is 69.0 Å². The van der Waals surface area contributed by atoms with E-state index in [0.29, 0.717) is 13.0 Å². The van der Waals surface area contributed by atoms with Gasteiger partial charge in [-0.05, 0) is 29.3 Å². The number of nitrogens with one attached hydrogen (secondary N) is 1. The maximum absolute atomic E-state index is 12.1. The van der Waals surface area contributed by atoms with Crippen LogP contribution in [-0.2, 0) is 17.8 Å². The number of carbonyl (C=O) groups excluding carboxylic acids is 1. The predicted molar refractivity (Wildman–Crippen MR) is 89.9 cm³/mol. The van der Waals surface area contributed by atoms with E-state index in [1.165, 1.54) is 0 Å². The molecular formula is C18H18N4O2. The van der Waals surface area contributed by atoms with Crippen LogP contribution in [-0.4, -0.2) is 27.6 Å².